The van der Waals surface area contributed by atoms with Crippen LogP contribution in [0.2, 0.25) is 0 Å². The van der Waals surface area contributed by atoms with E-state index < -0.39 is 0 Å². The molecule has 0 saturated carbocycles. The third-order valence-electron chi connectivity index (χ3n) is 12.3. The first kappa shape index (κ1) is 34.1. The van der Waals surface area contributed by atoms with E-state index >= 15 is 0 Å². The largest absolute Gasteiger partial charge is 0.456 e. The van der Waals surface area contributed by atoms with Gasteiger partial charge in [-0.3, -0.25) is 0 Å². The summed E-state index contributed by atoms with van der Waals surface area (Å²) in [6, 6.07) is 81.2. The number of para-hydroxylation sites is 1. The summed E-state index contributed by atoms with van der Waals surface area (Å²) in [7, 11) is 0. The average Bonchev–Trinajstić information content (AvgIpc) is 3.71. The Kier molecular flexibility index (Phi) is 7.89. The Morgan fingerprint density at radius 3 is 1.50 bits per heavy atom. The number of anilines is 3. The summed E-state index contributed by atoms with van der Waals surface area (Å²) in [6.07, 6.45) is 0. The number of rotatable bonds is 6. The fourth-order valence-electron chi connectivity index (χ4n) is 9.30. The maximum Gasteiger partial charge on any atom is 0.137 e. The summed E-state index contributed by atoms with van der Waals surface area (Å²) in [6.45, 7) is 0. The van der Waals surface area contributed by atoms with E-state index in [2.05, 4.69) is 217 Å². The normalized spacial score (nSPS) is 11.7. The summed E-state index contributed by atoms with van der Waals surface area (Å²) in [5.74, 6) is 0. The molecule has 0 aliphatic carbocycles. The van der Waals surface area contributed by atoms with Crippen molar-refractivity contribution in [2.24, 2.45) is 0 Å². The number of hydrogen-bond donors (Lipinski definition) is 0. The second-order valence-electron chi connectivity index (χ2n) is 15.7. The Bertz CT molecular complexity index is 3580. The molecule has 2 nitrogen and oxygen atoms in total. The van der Waals surface area contributed by atoms with Crippen LogP contribution in [0.15, 0.2) is 229 Å². The molecule has 0 atom stereocenters. The third kappa shape index (κ3) is 5.65. The molecule has 0 saturated heterocycles. The molecule has 11 aromatic carbocycles. The number of furan rings is 1. The zero-order valence-corrected chi connectivity index (χ0v) is 32.7. The van der Waals surface area contributed by atoms with Crippen molar-refractivity contribution in [1.82, 2.24) is 0 Å². The molecule has 1 heterocycles. The van der Waals surface area contributed by atoms with Crippen LogP contribution in [0, 0.1) is 0 Å². The van der Waals surface area contributed by atoms with Gasteiger partial charge in [0.15, 0.2) is 0 Å². The van der Waals surface area contributed by atoms with Crippen LogP contribution in [0.25, 0.3) is 98.4 Å². The van der Waals surface area contributed by atoms with Gasteiger partial charge < -0.3 is 9.32 Å². The SMILES string of the molecule is c1ccc2c(c1)ccc1cc(-c3ccc(N(c4ccc(-c5ccc(-c6cccc7c6ccc6ccccc67)cc5)cc4)c4cccc5oc6ccccc6c45)cc3)ccc12. The molecule has 0 N–H and O–H groups in total. The quantitative estimate of drug-likeness (QED) is 0.157. The van der Waals surface area contributed by atoms with Gasteiger partial charge in [0, 0.05) is 16.8 Å². The van der Waals surface area contributed by atoms with E-state index in [1.165, 1.54) is 76.5 Å². The highest BCUT2D eigenvalue weighted by Crippen LogP contribution is 2.44. The van der Waals surface area contributed by atoms with E-state index in [1.54, 1.807) is 0 Å². The molecule has 0 spiro atoms. The van der Waals surface area contributed by atoms with Crippen molar-refractivity contribution < 1.29 is 4.42 Å². The molecule has 1 aromatic heterocycles. The van der Waals surface area contributed by atoms with Gasteiger partial charge >= 0.3 is 0 Å². The summed E-state index contributed by atoms with van der Waals surface area (Å²) < 4.78 is 6.39. The third-order valence-corrected chi connectivity index (χ3v) is 12.3. The smallest absolute Gasteiger partial charge is 0.137 e. The van der Waals surface area contributed by atoms with Crippen LogP contribution in [0.1, 0.15) is 0 Å². The Hall–Kier alpha value is -7.94. The molecule has 0 unspecified atom stereocenters. The lowest BCUT2D eigenvalue weighted by atomic mass is 9.93. The van der Waals surface area contributed by atoms with Crippen LogP contribution in [-0.2, 0) is 0 Å². The molecule has 280 valence electrons. The lowest BCUT2D eigenvalue weighted by Crippen LogP contribution is -2.10. The van der Waals surface area contributed by atoms with E-state index in [0.717, 1.165) is 39.0 Å². The van der Waals surface area contributed by atoms with Gasteiger partial charge in [-0.15, -0.1) is 0 Å². The fourth-order valence-corrected chi connectivity index (χ4v) is 9.30. The van der Waals surface area contributed by atoms with Crippen molar-refractivity contribution >= 4 is 82.1 Å². The fraction of sp³-hybridized carbons (Fsp3) is 0. The lowest BCUT2D eigenvalue weighted by molar-refractivity contribution is 0.669. The summed E-state index contributed by atoms with van der Waals surface area (Å²) in [5.41, 5.74) is 12.1. The van der Waals surface area contributed by atoms with Crippen LogP contribution < -0.4 is 4.90 Å². The van der Waals surface area contributed by atoms with Crippen molar-refractivity contribution in [1.29, 1.82) is 0 Å². The van der Waals surface area contributed by atoms with Gasteiger partial charge in [0.25, 0.3) is 0 Å². The van der Waals surface area contributed by atoms with Gasteiger partial charge in [0.1, 0.15) is 11.2 Å². The minimum Gasteiger partial charge on any atom is -0.456 e. The van der Waals surface area contributed by atoms with Gasteiger partial charge in [-0.05, 0) is 125 Å². The Labute approximate surface area is 347 Å². The predicted molar refractivity (Wildman–Crippen MR) is 255 cm³/mol. The molecule has 0 fully saturated rings. The number of benzene rings is 11. The lowest BCUT2D eigenvalue weighted by Gasteiger charge is -2.26. The number of fused-ring (bicyclic) bond motifs is 9. The molecule has 0 radical (unpaired) electrons. The Morgan fingerprint density at radius 1 is 0.283 bits per heavy atom. The van der Waals surface area contributed by atoms with Crippen molar-refractivity contribution in [2.75, 3.05) is 4.90 Å². The van der Waals surface area contributed by atoms with E-state index in [0.29, 0.717) is 0 Å². The van der Waals surface area contributed by atoms with Crippen LogP contribution in [0.5, 0.6) is 0 Å². The van der Waals surface area contributed by atoms with Crippen LogP contribution in [0.4, 0.5) is 17.1 Å². The van der Waals surface area contributed by atoms with Crippen molar-refractivity contribution in [2.45, 2.75) is 0 Å². The minimum atomic E-state index is 0.870. The van der Waals surface area contributed by atoms with Crippen LogP contribution in [0.3, 0.4) is 0 Å². The molecule has 60 heavy (non-hydrogen) atoms. The predicted octanol–water partition coefficient (Wildman–Crippen LogP) is 16.7. The van der Waals surface area contributed by atoms with E-state index in [9.17, 15) is 0 Å². The summed E-state index contributed by atoms with van der Waals surface area (Å²) in [4.78, 5) is 2.36. The topological polar surface area (TPSA) is 16.4 Å². The highest BCUT2D eigenvalue weighted by atomic mass is 16.3. The van der Waals surface area contributed by atoms with Crippen LogP contribution in [-0.4, -0.2) is 0 Å². The maximum absolute atomic E-state index is 6.39. The van der Waals surface area contributed by atoms with Crippen LogP contribution >= 0.6 is 0 Å². The zero-order valence-electron chi connectivity index (χ0n) is 32.7. The van der Waals surface area contributed by atoms with Crippen molar-refractivity contribution in [3.05, 3.63) is 224 Å². The molecule has 0 aliphatic heterocycles. The molecular formula is C58H37NO. The molecule has 0 aliphatic rings. The standard InChI is InChI=1S/C58H37NO/c1-3-11-48-41(9-1)23-24-45-37-44(30-35-51(45)48)40-27-33-47(34-28-40)59(55-16-8-18-57-58(55)54-13-5-6-17-56(54)60-57)46-31-25-39(26-32-46)38-19-21-43(22-20-38)50-14-7-15-52-49-12-4-2-10-42(49)29-36-53(50)52/h1-37H. The summed E-state index contributed by atoms with van der Waals surface area (Å²) >= 11 is 0. The van der Waals surface area contributed by atoms with Gasteiger partial charge in [-0.1, -0.05) is 176 Å². The Balaban J connectivity index is 0.916. The molecule has 0 bridgehead atoms. The molecule has 12 aromatic rings. The highest BCUT2D eigenvalue weighted by molar-refractivity contribution is 6.14. The van der Waals surface area contributed by atoms with Crippen molar-refractivity contribution in [3.63, 3.8) is 0 Å². The number of nitrogens with zero attached hydrogens (tertiary/aromatic N) is 1. The summed E-state index contributed by atoms with van der Waals surface area (Å²) in [5, 5.41) is 12.4. The number of hydrogen-bond acceptors (Lipinski definition) is 2. The monoisotopic (exact) mass is 763 g/mol. The van der Waals surface area contributed by atoms with E-state index in [-0.39, 0.29) is 0 Å². The zero-order chi connectivity index (χ0) is 39.6. The minimum absolute atomic E-state index is 0.870. The second kappa shape index (κ2) is 13.9. The van der Waals surface area contributed by atoms with Crippen molar-refractivity contribution in [3.8, 4) is 33.4 Å². The van der Waals surface area contributed by atoms with E-state index in [4.69, 9.17) is 4.42 Å². The first-order valence-corrected chi connectivity index (χ1v) is 20.6. The molecular weight excluding hydrogens is 727 g/mol. The molecule has 0 amide bonds. The first-order valence-electron chi connectivity index (χ1n) is 20.6. The van der Waals surface area contributed by atoms with Gasteiger partial charge in [-0.25, -0.2) is 0 Å². The van der Waals surface area contributed by atoms with Gasteiger partial charge in [0.05, 0.1) is 11.1 Å². The van der Waals surface area contributed by atoms with Gasteiger partial charge in [0.2, 0.25) is 0 Å². The maximum atomic E-state index is 6.39. The second-order valence-corrected chi connectivity index (χ2v) is 15.7. The van der Waals surface area contributed by atoms with E-state index in [1.807, 2.05) is 12.1 Å². The molecule has 12 rings (SSSR count). The molecule has 2 heteroatoms. The highest BCUT2D eigenvalue weighted by Gasteiger charge is 2.20. The average molecular weight is 764 g/mol. The first-order chi connectivity index (χ1) is 29.7. The Morgan fingerprint density at radius 2 is 0.767 bits per heavy atom. The van der Waals surface area contributed by atoms with Gasteiger partial charge in [-0.2, -0.15) is 0 Å².